The fourth-order valence-corrected chi connectivity index (χ4v) is 4.45. The number of rotatable bonds is 7. The van der Waals surface area contributed by atoms with Gasteiger partial charge >= 0.3 is 0 Å². The molecule has 0 spiro atoms. The van der Waals surface area contributed by atoms with Gasteiger partial charge in [-0.2, -0.15) is 5.26 Å². The first-order chi connectivity index (χ1) is 15.2. The van der Waals surface area contributed by atoms with Gasteiger partial charge in [0.1, 0.15) is 11.8 Å². The Bertz CT molecular complexity index is 1090. The number of hydrogen-bond acceptors (Lipinski definition) is 5. The molecule has 1 fully saturated rings. The van der Waals surface area contributed by atoms with Crippen molar-refractivity contribution in [1.82, 2.24) is 10.2 Å². The monoisotopic (exact) mass is 435 g/mol. The Balaban J connectivity index is 1.60. The van der Waals surface area contributed by atoms with E-state index in [2.05, 4.69) is 22.4 Å². The van der Waals surface area contributed by atoms with Gasteiger partial charge in [-0.1, -0.05) is 48.0 Å². The van der Waals surface area contributed by atoms with Crippen molar-refractivity contribution in [3.05, 3.63) is 76.3 Å². The molecule has 5 nitrogen and oxygen atoms in total. The quantitative estimate of drug-likeness (QED) is 0.590. The lowest BCUT2D eigenvalue weighted by Gasteiger charge is -2.35. The van der Waals surface area contributed by atoms with Crippen LogP contribution in [0.4, 0.5) is 0 Å². The number of nitrogens with zero attached hydrogens (tertiary/aromatic N) is 2. The maximum atomic E-state index is 9.60. The van der Waals surface area contributed by atoms with Crippen molar-refractivity contribution in [2.24, 2.45) is 0 Å². The summed E-state index contributed by atoms with van der Waals surface area (Å²) in [5.41, 5.74) is 2.58. The molecule has 31 heavy (non-hydrogen) atoms. The zero-order valence-corrected chi connectivity index (χ0v) is 18.4. The summed E-state index contributed by atoms with van der Waals surface area (Å²) >= 11 is 6.28. The van der Waals surface area contributed by atoms with E-state index in [1.165, 1.54) is 0 Å². The molecular weight excluding hydrogens is 410 g/mol. The number of piperazine rings is 1. The van der Waals surface area contributed by atoms with Gasteiger partial charge in [0, 0.05) is 36.8 Å². The van der Waals surface area contributed by atoms with E-state index in [-0.39, 0.29) is 6.04 Å². The van der Waals surface area contributed by atoms with Crippen LogP contribution in [0.15, 0.2) is 54.6 Å². The van der Waals surface area contributed by atoms with Crippen LogP contribution < -0.4 is 10.1 Å². The van der Waals surface area contributed by atoms with E-state index < -0.39 is 0 Å². The first kappa shape index (κ1) is 21.6. The SMILES string of the molecule is COc1c(C#N)cc2ccccc2c1COCC(c1cccc(Cl)c1)N1CCNCC1. The Morgan fingerprint density at radius 3 is 2.68 bits per heavy atom. The number of halogens is 1. The van der Waals surface area contributed by atoms with E-state index in [1.807, 2.05) is 48.5 Å². The fourth-order valence-electron chi connectivity index (χ4n) is 4.26. The Labute approximate surface area is 188 Å². The summed E-state index contributed by atoms with van der Waals surface area (Å²) in [6.07, 6.45) is 0. The van der Waals surface area contributed by atoms with E-state index in [9.17, 15) is 5.26 Å². The van der Waals surface area contributed by atoms with Gasteiger partial charge in [0.2, 0.25) is 0 Å². The number of fused-ring (bicyclic) bond motifs is 1. The fraction of sp³-hybridized carbons (Fsp3) is 0.320. The van der Waals surface area contributed by atoms with Crippen molar-refractivity contribution < 1.29 is 9.47 Å². The number of methoxy groups -OCH3 is 1. The Morgan fingerprint density at radius 2 is 1.94 bits per heavy atom. The van der Waals surface area contributed by atoms with Gasteiger partial charge in [-0.15, -0.1) is 0 Å². The normalized spacial score (nSPS) is 15.5. The average Bonchev–Trinajstić information content (AvgIpc) is 2.81. The lowest BCUT2D eigenvalue weighted by Crippen LogP contribution is -2.46. The van der Waals surface area contributed by atoms with Crippen LogP contribution in [-0.2, 0) is 11.3 Å². The molecule has 0 aromatic heterocycles. The second-order valence-corrected chi connectivity index (χ2v) is 8.08. The first-order valence-electron chi connectivity index (χ1n) is 10.5. The second-order valence-electron chi connectivity index (χ2n) is 7.64. The minimum atomic E-state index is 0.109. The van der Waals surface area contributed by atoms with Gasteiger partial charge in [0.05, 0.1) is 31.9 Å². The highest BCUT2D eigenvalue weighted by molar-refractivity contribution is 6.30. The number of hydrogen-bond donors (Lipinski definition) is 1. The summed E-state index contributed by atoms with van der Waals surface area (Å²) in [5.74, 6) is 0.586. The standard InChI is InChI=1S/C25H26ClN3O2/c1-30-25-20(15-27)13-18-5-2-3-8-22(18)23(25)16-31-17-24(29-11-9-28-10-12-29)19-6-4-7-21(26)14-19/h2-8,13-14,24,28H,9-12,16-17H2,1H3. The van der Waals surface area contributed by atoms with Crippen LogP contribution in [0.25, 0.3) is 10.8 Å². The molecule has 0 bridgehead atoms. The smallest absolute Gasteiger partial charge is 0.142 e. The van der Waals surface area contributed by atoms with Crippen molar-refractivity contribution in [3.8, 4) is 11.8 Å². The van der Waals surface area contributed by atoms with Gasteiger partial charge in [0.15, 0.2) is 0 Å². The largest absolute Gasteiger partial charge is 0.495 e. The molecule has 6 heteroatoms. The van der Waals surface area contributed by atoms with Gasteiger partial charge in [-0.3, -0.25) is 4.90 Å². The first-order valence-corrected chi connectivity index (χ1v) is 10.9. The summed E-state index contributed by atoms with van der Waals surface area (Å²) in [6.45, 7) is 4.71. The summed E-state index contributed by atoms with van der Waals surface area (Å²) in [6, 6.07) is 20.2. The predicted octanol–water partition coefficient (Wildman–Crippen LogP) is 4.54. The molecule has 3 aromatic carbocycles. The number of ether oxygens (including phenoxy) is 2. The topological polar surface area (TPSA) is 57.5 Å². The molecule has 3 aromatic rings. The summed E-state index contributed by atoms with van der Waals surface area (Å²) in [4.78, 5) is 2.43. The molecule has 0 amide bonds. The van der Waals surface area contributed by atoms with Gasteiger partial charge in [-0.05, 0) is 34.5 Å². The van der Waals surface area contributed by atoms with Crippen molar-refractivity contribution >= 4 is 22.4 Å². The van der Waals surface area contributed by atoms with Crippen LogP contribution in [0, 0.1) is 11.3 Å². The minimum absolute atomic E-state index is 0.109. The van der Waals surface area contributed by atoms with Crippen LogP contribution in [0.1, 0.15) is 22.7 Å². The number of nitriles is 1. The van der Waals surface area contributed by atoms with Crippen molar-refractivity contribution in [3.63, 3.8) is 0 Å². The molecule has 160 valence electrons. The van der Waals surface area contributed by atoms with Crippen LogP contribution >= 0.6 is 11.6 Å². The van der Waals surface area contributed by atoms with Crippen LogP contribution in [0.2, 0.25) is 5.02 Å². The molecule has 1 aliphatic rings. The van der Waals surface area contributed by atoms with Gasteiger partial charge < -0.3 is 14.8 Å². The summed E-state index contributed by atoms with van der Waals surface area (Å²) in [5, 5.41) is 15.8. The summed E-state index contributed by atoms with van der Waals surface area (Å²) in [7, 11) is 1.60. The van der Waals surface area contributed by atoms with Crippen molar-refractivity contribution in [2.75, 3.05) is 39.9 Å². The number of benzene rings is 3. The van der Waals surface area contributed by atoms with Crippen molar-refractivity contribution in [1.29, 1.82) is 5.26 Å². The highest BCUT2D eigenvalue weighted by Crippen LogP contribution is 2.33. The predicted molar refractivity (Wildman–Crippen MR) is 124 cm³/mol. The summed E-state index contributed by atoms with van der Waals surface area (Å²) < 4.78 is 11.9. The maximum Gasteiger partial charge on any atom is 0.142 e. The average molecular weight is 436 g/mol. The van der Waals surface area contributed by atoms with Gasteiger partial charge in [-0.25, -0.2) is 0 Å². The van der Waals surface area contributed by atoms with Crippen LogP contribution in [0.5, 0.6) is 5.75 Å². The minimum Gasteiger partial charge on any atom is -0.495 e. The molecule has 1 aliphatic heterocycles. The highest BCUT2D eigenvalue weighted by Gasteiger charge is 2.23. The molecule has 0 aliphatic carbocycles. The van der Waals surface area contributed by atoms with Crippen LogP contribution in [0.3, 0.4) is 0 Å². The molecule has 4 rings (SSSR count). The van der Waals surface area contributed by atoms with Crippen LogP contribution in [-0.4, -0.2) is 44.8 Å². The molecule has 1 saturated heterocycles. The number of nitrogens with one attached hydrogen (secondary N) is 1. The third-order valence-electron chi connectivity index (χ3n) is 5.78. The Morgan fingerprint density at radius 1 is 1.13 bits per heavy atom. The third kappa shape index (κ3) is 4.84. The lowest BCUT2D eigenvalue weighted by atomic mass is 10.00. The molecule has 1 unspecified atom stereocenters. The second kappa shape index (κ2) is 10.1. The lowest BCUT2D eigenvalue weighted by molar-refractivity contribution is 0.0439. The van der Waals surface area contributed by atoms with E-state index in [4.69, 9.17) is 21.1 Å². The molecule has 0 saturated carbocycles. The molecular formula is C25H26ClN3O2. The Kier molecular flexibility index (Phi) is 7.06. The van der Waals surface area contributed by atoms with E-state index in [0.29, 0.717) is 24.5 Å². The highest BCUT2D eigenvalue weighted by atomic mass is 35.5. The zero-order valence-electron chi connectivity index (χ0n) is 17.6. The molecule has 1 atom stereocenters. The molecule has 1 heterocycles. The van der Waals surface area contributed by atoms with E-state index in [0.717, 1.165) is 53.1 Å². The molecule has 1 N–H and O–H groups in total. The van der Waals surface area contributed by atoms with Crippen molar-refractivity contribution in [2.45, 2.75) is 12.6 Å². The van der Waals surface area contributed by atoms with E-state index in [1.54, 1.807) is 7.11 Å². The zero-order chi connectivity index (χ0) is 21.6. The van der Waals surface area contributed by atoms with E-state index >= 15 is 0 Å². The Hall–Kier alpha value is -2.62. The van der Waals surface area contributed by atoms with Gasteiger partial charge in [0.25, 0.3) is 0 Å². The third-order valence-corrected chi connectivity index (χ3v) is 6.01. The maximum absolute atomic E-state index is 9.60. The molecule has 0 radical (unpaired) electrons.